The summed E-state index contributed by atoms with van der Waals surface area (Å²) < 4.78 is 0. The van der Waals surface area contributed by atoms with E-state index < -0.39 is 0 Å². The van der Waals surface area contributed by atoms with Crippen LogP contribution < -0.4 is 5.32 Å². The van der Waals surface area contributed by atoms with Gasteiger partial charge in [0, 0.05) is 41.5 Å². The van der Waals surface area contributed by atoms with E-state index in [4.69, 9.17) is 0 Å². The van der Waals surface area contributed by atoms with Gasteiger partial charge in [0.25, 0.3) is 5.91 Å². The minimum absolute atomic E-state index is 0.0111. The lowest BCUT2D eigenvalue weighted by Gasteiger charge is -2.30. The van der Waals surface area contributed by atoms with Gasteiger partial charge in [0.2, 0.25) is 0 Å². The Bertz CT molecular complexity index is 1190. The predicted molar refractivity (Wildman–Crippen MR) is 146 cm³/mol. The van der Waals surface area contributed by atoms with E-state index in [2.05, 4.69) is 27.3 Å². The number of amides is 1. The molecule has 1 fully saturated rings. The van der Waals surface area contributed by atoms with Crippen molar-refractivity contribution in [1.82, 2.24) is 15.2 Å². The number of ketones is 1. The third-order valence-corrected chi connectivity index (χ3v) is 8.22. The quantitative estimate of drug-likeness (QED) is 0.417. The summed E-state index contributed by atoms with van der Waals surface area (Å²) in [6.07, 6.45) is 7.83. The Balaban J connectivity index is 1.06. The second kappa shape index (κ2) is 11.0. The first-order chi connectivity index (χ1) is 17.5. The number of Topliss-reactive ketones (excluding diaryl/α,β-unsaturated/α-hetero) is 1. The van der Waals surface area contributed by atoms with Crippen LogP contribution in [-0.2, 0) is 12.8 Å². The SMILES string of the molecule is CC(C)C(=O)c1ccc2c(c1)CCN(CCC1CCC(NC(=O)c3cc4ccccc4[nH]3)CC1)CC2. The van der Waals surface area contributed by atoms with Crippen molar-refractivity contribution in [3.8, 4) is 0 Å². The number of hydrogen-bond acceptors (Lipinski definition) is 3. The van der Waals surface area contributed by atoms with Crippen LogP contribution in [0.5, 0.6) is 0 Å². The van der Waals surface area contributed by atoms with Crippen LogP contribution in [0.3, 0.4) is 0 Å². The number of fused-ring (bicyclic) bond motifs is 2. The van der Waals surface area contributed by atoms with E-state index in [0.717, 1.165) is 67.7 Å². The highest BCUT2D eigenvalue weighted by atomic mass is 16.2. The van der Waals surface area contributed by atoms with Crippen LogP contribution >= 0.6 is 0 Å². The van der Waals surface area contributed by atoms with E-state index in [9.17, 15) is 9.59 Å². The van der Waals surface area contributed by atoms with Gasteiger partial charge >= 0.3 is 0 Å². The summed E-state index contributed by atoms with van der Waals surface area (Å²) in [6.45, 7) is 7.26. The molecule has 0 atom stereocenters. The topological polar surface area (TPSA) is 65.2 Å². The summed E-state index contributed by atoms with van der Waals surface area (Å²) >= 11 is 0. The molecule has 1 amide bonds. The van der Waals surface area contributed by atoms with Crippen molar-refractivity contribution in [2.24, 2.45) is 11.8 Å². The van der Waals surface area contributed by atoms with Crippen LogP contribution in [0.1, 0.15) is 77.9 Å². The molecule has 0 saturated heterocycles. The Kier molecular flexibility index (Phi) is 7.56. The van der Waals surface area contributed by atoms with Gasteiger partial charge in [0.05, 0.1) is 0 Å². The molecule has 5 rings (SSSR count). The number of nitrogens with zero attached hydrogens (tertiary/aromatic N) is 1. The molecule has 190 valence electrons. The van der Waals surface area contributed by atoms with Crippen molar-refractivity contribution >= 4 is 22.6 Å². The van der Waals surface area contributed by atoms with Gasteiger partial charge in [0.15, 0.2) is 5.78 Å². The lowest BCUT2D eigenvalue weighted by molar-refractivity contribution is 0.0913. The molecule has 0 spiro atoms. The highest BCUT2D eigenvalue weighted by Crippen LogP contribution is 2.28. The second-order valence-corrected chi connectivity index (χ2v) is 11.1. The fourth-order valence-electron chi connectivity index (χ4n) is 5.90. The number of para-hydroxylation sites is 1. The summed E-state index contributed by atoms with van der Waals surface area (Å²) in [6, 6.07) is 16.6. The molecule has 2 aliphatic rings. The molecule has 2 heterocycles. The minimum atomic E-state index is 0.0111. The Labute approximate surface area is 214 Å². The number of rotatable bonds is 7. The smallest absolute Gasteiger partial charge is 0.267 e. The monoisotopic (exact) mass is 485 g/mol. The van der Waals surface area contributed by atoms with E-state index in [1.165, 1.54) is 30.4 Å². The summed E-state index contributed by atoms with van der Waals surface area (Å²) in [4.78, 5) is 31.0. The van der Waals surface area contributed by atoms with Crippen molar-refractivity contribution in [3.05, 3.63) is 70.9 Å². The summed E-state index contributed by atoms with van der Waals surface area (Å²) in [5.41, 5.74) is 5.29. The first-order valence-corrected chi connectivity index (χ1v) is 13.7. The molecule has 5 heteroatoms. The molecule has 5 nitrogen and oxygen atoms in total. The van der Waals surface area contributed by atoms with Crippen molar-refractivity contribution in [2.75, 3.05) is 19.6 Å². The van der Waals surface area contributed by atoms with Gasteiger partial charge in [0.1, 0.15) is 5.69 Å². The predicted octanol–water partition coefficient (Wildman–Crippen LogP) is 5.79. The van der Waals surface area contributed by atoms with Crippen LogP contribution in [-0.4, -0.2) is 47.3 Å². The number of nitrogens with one attached hydrogen (secondary N) is 2. The molecule has 2 N–H and O–H groups in total. The minimum Gasteiger partial charge on any atom is -0.351 e. The van der Waals surface area contributed by atoms with E-state index in [0.29, 0.717) is 5.69 Å². The maximum Gasteiger partial charge on any atom is 0.267 e. The van der Waals surface area contributed by atoms with Crippen molar-refractivity contribution in [3.63, 3.8) is 0 Å². The van der Waals surface area contributed by atoms with E-state index >= 15 is 0 Å². The molecule has 1 aromatic heterocycles. The number of carbonyl (C=O) groups is 2. The summed E-state index contributed by atoms with van der Waals surface area (Å²) in [5.74, 6) is 1.04. The van der Waals surface area contributed by atoms with Gasteiger partial charge < -0.3 is 15.2 Å². The van der Waals surface area contributed by atoms with Gasteiger partial charge in [-0.2, -0.15) is 0 Å². The fraction of sp³-hybridized carbons (Fsp3) is 0.484. The van der Waals surface area contributed by atoms with Crippen LogP contribution in [0.4, 0.5) is 0 Å². The average Bonchev–Trinajstić information content (AvgIpc) is 3.23. The Morgan fingerprint density at radius 1 is 0.972 bits per heavy atom. The number of aromatic amines is 1. The van der Waals surface area contributed by atoms with Crippen LogP contribution in [0.25, 0.3) is 10.9 Å². The molecule has 1 saturated carbocycles. The Hall–Kier alpha value is -2.92. The standard InChI is InChI=1S/C31H39N3O2/c1-21(2)30(35)26-10-9-23-14-17-34(18-15-24(23)19-26)16-13-22-7-11-27(12-8-22)32-31(36)29-20-25-5-3-4-6-28(25)33-29/h3-6,9-10,19-22,27,33H,7-8,11-18H2,1-2H3,(H,32,36). The number of hydrogen-bond donors (Lipinski definition) is 2. The van der Waals surface area contributed by atoms with Gasteiger partial charge in [-0.3, -0.25) is 9.59 Å². The van der Waals surface area contributed by atoms with Gasteiger partial charge in [-0.15, -0.1) is 0 Å². The number of carbonyl (C=O) groups excluding carboxylic acids is 2. The molecular weight excluding hydrogens is 446 g/mol. The van der Waals surface area contributed by atoms with E-state index in [1.54, 1.807) is 0 Å². The van der Waals surface area contributed by atoms with E-state index in [1.807, 2.05) is 50.2 Å². The third-order valence-electron chi connectivity index (χ3n) is 8.22. The van der Waals surface area contributed by atoms with Crippen LogP contribution in [0, 0.1) is 11.8 Å². The fourth-order valence-corrected chi connectivity index (χ4v) is 5.90. The molecule has 3 aromatic rings. The lowest BCUT2D eigenvalue weighted by atomic mass is 9.84. The first kappa shape index (κ1) is 24.8. The van der Waals surface area contributed by atoms with Gasteiger partial charge in [-0.25, -0.2) is 0 Å². The van der Waals surface area contributed by atoms with Gasteiger partial charge in [-0.1, -0.05) is 44.2 Å². The van der Waals surface area contributed by atoms with Gasteiger partial charge in [-0.05, 0) is 86.7 Å². The molecule has 36 heavy (non-hydrogen) atoms. The van der Waals surface area contributed by atoms with Crippen molar-refractivity contribution in [1.29, 1.82) is 0 Å². The number of benzene rings is 2. The number of aromatic nitrogens is 1. The zero-order valence-corrected chi connectivity index (χ0v) is 21.7. The average molecular weight is 486 g/mol. The normalized spacial score (nSPS) is 20.8. The molecule has 0 radical (unpaired) electrons. The molecule has 1 aliphatic carbocycles. The molecule has 2 aromatic carbocycles. The zero-order chi connectivity index (χ0) is 25.1. The molecule has 1 aliphatic heterocycles. The highest BCUT2D eigenvalue weighted by Gasteiger charge is 2.24. The van der Waals surface area contributed by atoms with Crippen LogP contribution in [0.15, 0.2) is 48.5 Å². The first-order valence-electron chi connectivity index (χ1n) is 13.7. The Morgan fingerprint density at radius 3 is 2.47 bits per heavy atom. The van der Waals surface area contributed by atoms with E-state index in [-0.39, 0.29) is 23.7 Å². The Morgan fingerprint density at radius 2 is 1.72 bits per heavy atom. The molecular formula is C31H39N3O2. The second-order valence-electron chi connectivity index (χ2n) is 11.1. The third kappa shape index (κ3) is 5.73. The highest BCUT2D eigenvalue weighted by molar-refractivity contribution is 5.98. The molecule has 0 bridgehead atoms. The maximum absolute atomic E-state index is 12.7. The summed E-state index contributed by atoms with van der Waals surface area (Å²) in [7, 11) is 0. The maximum atomic E-state index is 12.7. The largest absolute Gasteiger partial charge is 0.351 e. The zero-order valence-electron chi connectivity index (χ0n) is 21.7. The molecule has 0 unspecified atom stereocenters. The lowest BCUT2D eigenvalue weighted by Crippen LogP contribution is -2.38. The summed E-state index contributed by atoms with van der Waals surface area (Å²) in [5, 5.41) is 4.33. The van der Waals surface area contributed by atoms with Crippen molar-refractivity contribution < 1.29 is 9.59 Å². The van der Waals surface area contributed by atoms with Crippen LogP contribution in [0.2, 0.25) is 0 Å². The van der Waals surface area contributed by atoms with Crippen molar-refractivity contribution in [2.45, 2.75) is 64.8 Å². The number of H-pyrrole nitrogens is 1.